The minimum atomic E-state index is -0.804. The van der Waals surface area contributed by atoms with Crippen LogP contribution in [0.3, 0.4) is 0 Å². The Morgan fingerprint density at radius 2 is 1.89 bits per heavy atom. The quantitative estimate of drug-likeness (QED) is 0.899. The summed E-state index contributed by atoms with van der Waals surface area (Å²) in [6, 6.07) is 7.27. The summed E-state index contributed by atoms with van der Waals surface area (Å²) in [6.07, 6.45) is 0.837. The summed E-state index contributed by atoms with van der Waals surface area (Å²) in [5.41, 5.74) is 3.04. The lowest BCUT2D eigenvalue weighted by atomic mass is 10.0. The summed E-state index contributed by atoms with van der Waals surface area (Å²) in [7, 11) is 1.57. The van der Waals surface area contributed by atoms with Crippen molar-refractivity contribution in [1.82, 2.24) is 9.97 Å². The van der Waals surface area contributed by atoms with E-state index in [1.54, 1.807) is 25.4 Å². The van der Waals surface area contributed by atoms with E-state index in [-0.39, 0.29) is 0 Å². The van der Waals surface area contributed by atoms with Gasteiger partial charge in [0.1, 0.15) is 17.5 Å². The molecule has 0 bridgehead atoms. The number of pyridine rings is 2. The molecule has 2 aromatic rings. The van der Waals surface area contributed by atoms with Crippen molar-refractivity contribution in [3.63, 3.8) is 0 Å². The molecule has 0 aliphatic heterocycles. The second kappa shape index (κ2) is 5.14. The lowest BCUT2D eigenvalue weighted by molar-refractivity contribution is 0.209. The predicted octanol–water partition coefficient (Wildman–Crippen LogP) is 2.18. The average Bonchev–Trinajstić information content (AvgIpc) is 2.36. The third-order valence-electron chi connectivity index (χ3n) is 2.70. The minimum Gasteiger partial charge on any atom is -0.495 e. The van der Waals surface area contributed by atoms with Crippen LogP contribution in [0.2, 0.25) is 0 Å². The van der Waals surface area contributed by atoms with E-state index in [4.69, 9.17) is 4.74 Å². The zero-order chi connectivity index (χ0) is 13.1. The van der Waals surface area contributed by atoms with Crippen molar-refractivity contribution in [2.75, 3.05) is 7.11 Å². The number of aromatic nitrogens is 2. The van der Waals surface area contributed by atoms with E-state index < -0.39 is 6.10 Å². The van der Waals surface area contributed by atoms with Gasteiger partial charge in [0.15, 0.2) is 0 Å². The number of hydrogen-bond acceptors (Lipinski definition) is 4. The predicted molar refractivity (Wildman–Crippen MR) is 68.6 cm³/mol. The number of hydrogen-bond donors (Lipinski definition) is 1. The summed E-state index contributed by atoms with van der Waals surface area (Å²) >= 11 is 0. The van der Waals surface area contributed by atoms with Crippen molar-refractivity contribution >= 4 is 0 Å². The molecule has 1 atom stereocenters. The lowest BCUT2D eigenvalue weighted by Gasteiger charge is -2.14. The molecule has 0 saturated carbocycles. The second-order valence-corrected chi connectivity index (χ2v) is 4.18. The largest absolute Gasteiger partial charge is 0.495 e. The van der Waals surface area contributed by atoms with Crippen LogP contribution in [0.5, 0.6) is 5.75 Å². The van der Waals surface area contributed by atoms with E-state index in [1.807, 2.05) is 26.0 Å². The zero-order valence-corrected chi connectivity index (χ0v) is 10.7. The van der Waals surface area contributed by atoms with Crippen LogP contribution in [0.15, 0.2) is 30.5 Å². The molecule has 1 unspecified atom stereocenters. The van der Waals surface area contributed by atoms with Gasteiger partial charge in [-0.3, -0.25) is 9.97 Å². The van der Waals surface area contributed by atoms with Gasteiger partial charge in [0.05, 0.1) is 7.11 Å². The summed E-state index contributed by atoms with van der Waals surface area (Å²) in [4.78, 5) is 8.48. The van der Waals surface area contributed by atoms with Gasteiger partial charge >= 0.3 is 0 Å². The molecule has 4 nitrogen and oxygen atoms in total. The summed E-state index contributed by atoms with van der Waals surface area (Å²) in [5.74, 6) is 0.581. The molecular formula is C14H16N2O2. The van der Waals surface area contributed by atoms with Gasteiger partial charge in [0.25, 0.3) is 0 Å². The van der Waals surface area contributed by atoms with Crippen LogP contribution in [0.4, 0.5) is 0 Å². The Morgan fingerprint density at radius 1 is 1.22 bits per heavy atom. The highest BCUT2D eigenvalue weighted by Crippen LogP contribution is 2.28. The van der Waals surface area contributed by atoms with Crippen LogP contribution in [-0.2, 0) is 0 Å². The van der Waals surface area contributed by atoms with E-state index in [2.05, 4.69) is 9.97 Å². The fraction of sp³-hybridized carbons (Fsp3) is 0.286. The van der Waals surface area contributed by atoms with E-state index >= 15 is 0 Å². The number of aliphatic hydroxyl groups excluding tert-OH is 1. The molecule has 0 fully saturated rings. The Hall–Kier alpha value is -1.94. The Labute approximate surface area is 106 Å². The SMILES string of the molecule is COc1cccnc1C(O)c1cc(C)nc(C)c1. The molecular weight excluding hydrogens is 228 g/mol. The third kappa shape index (κ3) is 2.49. The highest BCUT2D eigenvalue weighted by Gasteiger charge is 2.17. The Balaban J connectivity index is 2.44. The topological polar surface area (TPSA) is 55.2 Å². The molecule has 4 heteroatoms. The first-order valence-electron chi connectivity index (χ1n) is 5.74. The van der Waals surface area contributed by atoms with Gasteiger partial charge in [-0.15, -0.1) is 0 Å². The molecule has 0 aliphatic rings. The van der Waals surface area contributed by atoms with Crippen LogP contribution in [0.1, 0.15) is 28.7 Å². The van der Waals surface area contributed by atoms with Gasteiger partial charge in [0.2, 0.25) is 0 Å². The van der Waals surface area contributed by atoms with E-state index in [1.165, 1.54) is 0 Å². The monoisotopic (exact) mass is 244 g/mol. The van der Waals surface area contributed by atoms with Gasteiger partial charge < -0.3 is 9.84 Å². The van der Waals surface area contributed by atoms with Crippen LogP contribution in [-0.4, -0.2) is 22.2 Å². The van der Waals surface area contributed by atoms with Gasteiger partial charge in [-0.25, -0.2) is 0 Å². The van der Waals surface area contributed by atoms with Gasteiger partial charge in [0, 0.05) is 17.6 Å². The van der Waals surface area contributed by atoms with Crippen LogP contribution >= 0.6 is 0 Å². The Kier molecular flexibility index (Phi) is 3.58. The summed E-state index contributed by atoms with van der Waals surface area (Å²) < 4.78 is 5.21. The van der Waals surface area contributed by atoms with Crippen LogP contribution in [0, 0.1) is 13.8 Å². The second-order valence-electron chi connectivity index (χ2n) is 4.18. The fourth-order valence-corrected chi connectivity index (χ4v) is 1.96. The van der Waals surface area contributed by atoms with Gasteiger partial charge in [-0.1, -0.05) is 0 Å². The van der Waals surface area contributed by atoms with Crippen molar-refractivity contribution in [2.45, 2.75) is 20.0 Å². The molecule has 1 N–H and O–H groups in total. The molecule has 0 aromatic carbocycles. The Bertz CT molecular complexity index is 535. The number of rotatable bonds is 3. The number of aryl methyl sites for hydroxylation is 2. The summed E-state index contributed by atoms with van der Waals surface area (Å²) in [6.45, 7) is 3.80. The number of aliphatic hydroxyl groups is 1. The summed E-state index contributed by atoms with van der Waals surface area (Å²) in [5, 5.41) is 10.4. The van der Waals surface area contributed by atoms with Crippen molar-refractivity contribution < 1.29 is 9.84 Å². The third-order valence-corrected chi connectivity index (χ3v) is 2.70. The maximum absolute atomic E-state index is 10.4. The molecule has 0 aliphatic carbocycles. The molecule has 2 heterocycles. The highest BCUT2D eigenvalue weighted by atomic mass is 16.5. The first-order chi connectivity index (χ1) is 8.61. The minimum absolute atomic E-state index is 0.519. The molecule has 94 valence electrons. The Morgan fingerprint density at radius 3 is 2.50 bits per heavy atom. The van der Waals surface area contributed by atoms with Crippen molar-refractivity contribution in [1.29, 1.82) is 0 Å². The molecule has 0 radical (unpaired) electrons. The highest BCUT2D eigenvalue weighted by molar-refractivity contribution is 5.36. The molecule has 0 amide bonds. The lowest BCUT2D eigenvalue weighted by Crippen LogP contribution is -2.06. The van der Waals surface area contributed by atoms with E-state index in [0.717, 1.165) is 17.0 Å². The van der Waals surface area contributed by atoms with Crippen molar-refractivity contribution in [3.8, 4) is 5.75 Å². The first kappa shape index (κ1) is 12.5. The van der Waals surface area contributed by atoms with Crippen molar-refractivity contribution in [2.24, 2.45) is 0 Å². The van der Waals surface area contributed by atoms with E-state index in [0.29, 0.717) is 11.4 Å². The maximum Gasteiger partial charge on any atom is 0.143 e. The molecule has 0 spiro atoms. The first-order valence-corrected chi connectivity index (χ1v) is 5.74. The zero-order valence-electron chi connectivity index (χ0n) is 10.7. The molecule has 2 rings (SSSR count). The number of nitrogens with zero attached hydrogens (tertiary/aromatic N) is 2. The number of methoxy groups -OCH3 is 1. The molecule has 2 aromatic heterocycles. The fourth-order valence-electron chi connectivity index (χ4n) is 1.96. The van der Waals surface area contributed by atoms with Crippen molar-refractivity contribution in [3.05, 3.63) is 53.1 Å². The number of ether oxygens (including phenoxy) is 1. The van der Waals surface area contributed by atoms with E-state index in [9.17, 15) is 5.11 Å². The normalized spacial score (nSPS) is 12.2. The van der Waals surface area contributed by atoms with Gasteiger partial charge in [-0.2, -0.15) is 0 Å². The van der Waals surface area contributed by atoms with Crippen LogP contribution < -0.4 is 4.74 Å². The standard InChI is InChI=1S/C14H16N2O2/c1-9-7-11(8-10(2)16-9)14(17)13-12(18-3)5-4-6-15-13/h4-8,14,17H,1-3H3. The molecule has 18 heavy (non-hydrogen) atoms. The average molecular weight is 244 g/mol. The smallest absolute Gasteiger partial charge is 0.143 e. The molecule has 0 saturated heterocycles. The van der Waals surface area contributed by atoms with Crippen LogP contribution in [0.25, 0.3) is 0 Å². The maximum atomic E-state index is 10.4. The van der Waals surface area contributed by atoms with Gasteiger partial charge in [-0.05, 0) is 43.7 Å².